The molecule has 1 aromatic heterocycles. The van der Waals surface area contributed by atoms with Crippen molar-refractivity contribution in [3.63, 3.8) is 0 Å². The first kappa shape index (κ1) is 23.9. The summed E-state index contributed by atoms with van der Waals surface area (Å²) >= 11 is 6.15. The number of fused-ring (bicyclic) bond motifs is 1. The number of benzene rings is 2. The van der Waals surface area contributed by atoms with E-state index in [1.54, 1.807) is 12.2 Å². The molecule has 0 aliphatic rings. The Bertz CT molecular complexity index is 1030. The average molecular weight is 454 g/mol. The van der Waals surface area contributed by atoms with Crippen LogP contribution in [0.25, 0.3) is 11.0 Å². The number of rotatable bonds is 13. The molecule has 0 unspecified atom stereocenters. The van der Waals surface area contributed by atoms with E-state index >= 15 is 0 Å². The summed E-state index contributed by atoms with van der Waals surface area (Å²) < 4.78 is 8.16. The molecule has 0 spiro atoms. The van der Waals surface area contributed by atoms with Crippen LogP contribution in [0.3, 0.4) is 0 Å². The Morgan fingerprint density at radius 1 is 1.06 bits per heavy atom. The molecule has 3 aromatic rings. The van der Waals surface area contributed by atoms with Crippen molar-refractivity contribution in [2.45, 2.75) is 52.0 Å². The lowest BCUT2D eigenvalue weighted by Gasteiger charge is -2.11. The molecule has 2 aromatic carbocycles. The average Bonchev–Trinajstić information content (AvgIpc) is 3.14. The molecule has 170 valence electrons. The number of para-hydroxylation sites is 3. The maximum absolute atomic E-state index is 11.5. The van der Waals surface area contributed by atoms with Gasteiger partial charge in [-0.2, -0.15) is 0 Å². The molecule has 0 saturated carbocycles. The van der Waals surface area contributed by atoms with Gasteiger partial charge in [0.15, 0.2) is 0 Å². The van der Waals surface area contributed by atoms with E-state index in [4.69, 9.17) is 21.3 Å². The molecule has 3 rings (SSSR count). The van der Waals surface area contributed by atoms with E-state index in [1.165, 1.54) is 5.52 Å². The van der Waals surface area contributed by atoms with E-state index in [2.05, 4.69) is 28.1 Å². The SMILES string of the molecule is C/C=C/C(=O)NCCCCCc1nc2ccccc2n1CCCCOc1ccccc1Cl. The zero-order chi connectivity index (χ0) is 22.6. The highest BCUT2D eigenvalue weighted by Crippen LogP contribution is 2.23. The first-order valence-corrected chi connectivity index (χ1v) is 11.8. The Hall–Kier alpha value is -2.79. The van der Waals surface area contributed by atoms with Crippen LogP contribution in [0.2, 0.25) is 5.02 Å². The Kier molecular flexibility index (Phi) is 9.63. The van der Waals surface area contributed by atoms with Crippen LogP contribution in [0.1, 0.15) is 44.9 Å². The third-order valence-electron chi connectivity index (χ3n) is 5.30. The minimum absolute atomic E-state index is 0.0205. The Balaban J connectivity index is 1.47. The predicted octanol–water partition coefficient (Wildman–Crippen LogP) is 5.95. The molecule has 0 saturated heterocycles. The molecular formula is C26H32ClN3O2. The smallest absolute Gasteiger partial charge is 0.243 e. The monoisotopic (exact) mass is 453 g/mol. The van der Waals surface area contributed by atoms with E-state index in [0.717, 1.165) is 62.2 Å². The summed E-state index contributed by atoms with van der Waals surface area (Å²) in [5, 5.41) is 3.55. The topological polar surface area (TPSA) is 56.2 Å². The van der Waals surface area contributed by atoms with Gasteiger partial charge < -0.3 is 14.6 Å². The van der Waals surface area contributed by atoms with Gasteiger partial charge in [-0.15, -0.1) is 0 Å². The molecule has 0 atom stereocenters. The van der Waals surface area contributed by atoms with Gasteiger partial charge in [-0.25, -0.2) is 4.98 Å². The fourth-order valence-corrected chi connectivity index (χ4v) is 3.88. The van der Waals surface area contributed by atoms with E-state index in [-0.39, 0.29) is 5.91 Å². The number of ether oxygens (including phenoxy) is 1. The molecule has 0 fully saturated rings. The second-order valence-corrected chi connectivity index (χ2v) is 8.16. The van der Waals surface area contributed by atoms with Crippen LogP contribution in [0.4, 0.5) is 0 Å². The summed E-state index contributed by atoms with van der Waals surface area (Å²) in [5.74, 6) is 1.86. The number of hydrogen-bond donors (Lipinski definition) is 1. The lowest BCUT2D eigenvalue weighted by Crippen LogP contribution is -2.21. The number of aromatic nitrogens is 2. The van der Waals surface area contributed by atoms with Crippen LogP contribution >= 0.6 is 11.6 Å². The molecule has 0 aliphatic heterocycles. The van der Waals surface area contributed by atoms with Crippen molar-refractivity contribution in [1.82, 2.24) is 14.9 Å². The second kappa shape index (κ2) is 12.9. The lowest BCUT2D eigenvalue weighted by molar-refractivity contribution is -0.116. The van der Waals surface area contributed by atoms with E-state index in [1.807, 2.05) is 37.3 Å². The summed E-state index contributed by atoms with van der Waals surface area (Å²) in [7, 11) is 0. The molecule has 32 heavy (non-hydrogen) atoms. The molecule has 5 nitrogen and oxygen atoms in total. The number of aryl methyl sites for hydroxylation is 2. The largest absolute Gasteiger partial charge is 0.492 e. The molecule has 0 aliphatic carbocycles. The quantitative estimate of drug-likeness (QED) is 0.257. The van der Waals surface area contributed by atoms with Gasteiger partial charge >= 0.3 is 0 Å². The van der Waals surface area contributed by atoms with Gasteiger partial charge in [0.25, 0.3) is 0 Å². The van der Waals surface area contributed by atoms with Crippen LogP contribution in [0, 0.1) is 0 Å². The van der Waals surface area contributed by atoms with Gasteiger partial charge in [-0.05, 0) is 62.9 Å². The maximum atomic E-state index is 11.5. The van der Waals surface area contributed by atoms with Gasteiger partial charge in [0, 0.05) is 19.5 Å². The number of amides is 1. The van der Waals surface area contributed by atoms with E-state index in [0.29, 0.717) is 18.2 Å². The number of nitrogens with zero attached hydrogens (tertiary/aromatic N) is 2. The first-order chi connectivity index (χ1) is 15.7. The number of imidazole rings is 1. The summed E-state index contributed by atoms with van der Waals surface area (Å²) in [6.45, 7) is 4.12. The summed E-state index contributed by atoms with van der Waals surface area (Å²) in [6.07, 6.45) is 9.29. The number of carbonyl (C=O) groups is 1. The number of hydrogen-bond acceptors (Lipinski definition) is 3. The molecule has 1 heterocycles. The van der Waals surface area contributed by atoms with Crippen LogP contribution in [-0.4, -0.2) is 28.6 Å². The third kappa shape index (κ3) is 7.13. The van der Waals surface area contributed by atoms with Crippen LogP contribution < -0.4 is 10.1 Å². The van der Waals surface area contributed by atoms with Gasteiger partial charge in [-0.3, -0.25) is 4.79 Å². The Morgan fingerprint density at radius 2 is 1.88 bits per heavy atom. The van der Waals surface area contributed by atoms with Gasteiger partial charge in [0.05, 0.1) is 22.7 Å². The summed E-state index contributed by atoms with van der Waals surface area (Å²) in [5.41, 5.74) is 2.24. The van der Waals surface area contributed by atoms with Crippen molar-refractivity contribution in [1.29, 1.82) is 0 Å². The standard InChI is InChI=1S/C26H32ClN3O2/c1-2-12-26(31)28-18-9-3-4-17-25-29-22-14-6-7-15-23(22)30(25)19-10-11-20-32-24-16-8-5-13-21(24)27/h2,5-8,12-16H,3-4,9-11,17-20H2,1H3,(H,28,31)/b12-2+. The minimum atomic E-state index is -0.0205. The minimum Gasteiger partial charge on any atom is -0.492 e. The summed E-state index contributed by atoms with van der Waals surface area (Å²) in [4.78, 5) is 16.3. The van der Waals surface area contributed by atoms with Crippen molar-refractivity contribution in [3.8, 4) is 5.75 Å². The van der Waals surface area contributed by atoms with Gasteiger partial charge in [0.1, 0.15) is 11.6 Å². The number of carbonyl (C=O) groups excluding carboxylic acids is 1. The highest BCUT2D eigenvalue weighted by atomic mass is 35.5. The van der Waals surface area contributed by atoms with Crippen molar-refractivity contribution < 1.29 is 9.53 Å². The molecule has 1 amide bonds. The Labute approximate surface area is 195 Å². The zero-order valence-electron chi connectivity index (χ0n) is 18.7. The number of halogens is 1. The van der Waals surface area contributed by atoms with E-state index in [9.17, 15) is 4.79 Å². The number of allylic oxidation sites excluding steroid dienone is 1. The Morgan fingerprint density at radius 3 is 2.72 bits per heavy atom. The fourth-order valence-electron chi connectivity index (χ4n) is 3.69. The lowest BCUT2D eigenvalue weighted by atomic mass is 10.2. The highest BCUT2D eigenvalue weighted by Gasteiger charge is 2.10. The van der Waals surface area contributed by atoms with Crippen LogP contribution in [0.5, 0.6) is 5.75 Å². The normalized spacial score (nSPS) is 11.3. The van der Waals surface area contributed by atoms with Crippen LogP contribution in [-0.2, 0) is 17.8 Å². The van der Waals surface area contributed by atoms with E-state index < -0.39 is 0 Å². The molecule has 6 heteroatoms. The summed E-state index contributed by atoms with van der Waals surface area (Å²) in [6, 6.07) is 15.9. The number of unbranched alkanes of at least 4 members (excludes halogenated alkanes) is 3. The molecular weight excluding hydrogens is 422 g/mol. The van der Waals surface area contributed by atoms with Gasteiger partial charge in [-0.1, -0.05) is 48.4 Å². The van der Waals surface area contributed by atoms with Crippen molar-refractivity contribution in [3.05, 3.63) is 71.5 Å². The van der Waals surface area contributed by atoms with Crippen LogP contribution in [0.15, 0.2) is 60.7 Å². The van der Waals surface area contributed by atoms with Crippen molar-refractivity contribution >= 4 is 28.5 Å². The van der Waals surface area contributed by atoms with Crippen molar-refractivity contribution in [2.24, 2.45) is 0 Å². The first-order valence-electron chi connectivity index (χ1n) is 11.4. The maximum Gasteiger partial charge on any atom is 0.243 e. The molecule has 0 bridgehead atoms. The second-order valence-electron chi connectivity index (χ2n) is 7.76. The molecule has 0 radical (unpaired) electrons. The predicted molar refractivity (Wildman–Crippen MR) is 131 cm³/mol. The zero-order valence-corrected chi connectivity index (χ0v) is 19.5. The van der Waals surface area contributed by atoms with Gasteiger partial charge in [0.2, 0.25) is 5.91 Å². The molecule has 1 N–H and O–H groups in total. The fraction of sp³-hybridized carbons (Fsp3) is 0.385. The van der Waals surface area contributed by atoms with Crippen molar-refractivity contribution in [2.75, 3.05) is 13.2 Å². The third-order valence-corrected chi connectivity index (χ3v) is 5.61. The number of nitrogens with one attached hydrogen (secondary N) is 1. The highest BCUT2D eigenvalue weighted by molar-refractivity contribution is 6.32.